The molecule has 3 rings (SSSR count). The van der Waals surface area contributed by atoms with Gasteiger partial charge in [-0.15, -0.1) is 0 Å². The van der Waals surface area contributed by atoms with E-state index in [1.165, 1.54) is 6.20 Å². The van der Waals surface area contributed by atoms with E-state index in [0.717, 1.165) is 0 Å². The molecule has 8 heteroatoms. The topological polar surface area (TPSA) is 117 Å². The minimum Gasteiger partial charge on any atom is -0.333 e. The monoisotopic (exact) mass is 253 g/mol. The summed E-state index contributed by atoms with van der Waals surface area (Å²) in [7, 11) is 0. The summed E-state index contributed by atoms with van der Waals surface area (Å²) in [5.74, 6) is 1.17. The average molecular weight is 253 g/mol. The molecule has 0 saturated carbocycles. The predicted octanol–water partition coefficient (Wildman–Crippen LogP) is 1.10. The van der Waals surface area contributed by atoms with Gasteiger partial charge in [-0.05, 0) is 13.0 Å². The van der Waals surface area contributed by atoms with Crippen molar-refractivity contribution in [2.45, 2.75) is 6.92 Å². The van der Waals surface area contributed by atoms with Crippen LogP contribution in [0.2, 0.25) is 0 Å². The van der Waals surface area contributed by atoms with Crippen molar-refractivity contribution in [3.05, 3.63) is 30.0 Å². The predicted molar refractivity (Wildman–Crippen MR) is 62.4 cm³/mol. The largest absolute Gasteiger partial charge is 0.333 e. The summed E-state index contributed by atoms with van der Waals surface area (Å²) >= 11 is 0. The highest BCUT2D eigenvalue weighted by molar-refractivity contribution is 5.61. The van der Waals surface area contributed by atoms with Gasteiger partial charge >= 0.3 is 0 Å². The number of hydrogen-bond donors (Lipinski definition) is 1. The van der Waals surface area contributed by atoms with Crippen LogP contribution in [0.3, 0.4) is 0 Å². The van der Waals surface area contributed by atoms with Gasteiger partial charge < -0.3 is 4.52 Å². The molecule has 0 amide bonds. The van der Waals surface area contributed by atoms with Gasteiger partial charge in [0, 0.05) is 6.20 Å². The molecule has 3 aromatic rings. The number of aromatic amines is 1. The second kappa shape index (κ2) is 4.30. The lowest BCUT2D eigenvalue weighted by atomic mass is 10.2. The maximum Gasteiger partial charge on any atom is 0.262 e. The molecule has 0 unspecified atom stereocenters. The fraction of sp³-hybridized carbons (Fsp3) is 0.0909. The highest BCUT2D eigenvalue weighted by Gasteiger charge is 2.16. The molecule has 3 heterocycles. The quantitative estimate of drug-likeness (QED) is 0.726. The van der Waals surface area contributed by atoms with Crippen LogP contribution in [0.5, 0.6) is 0 Å². The van der Waals surface area contributed by atoms with Gasteiger partial charge in [-0.3, -0.25) is 5.10 Å². The molecule has 0 aliphatic heterocycles. The molecule has 0 aliphatic carbocycles. The average Bonchev–Trinajstić information content (AvgIpc) is 3.07. The highest BCUT2D eigenvalue weighted by atomic mass is 16.5. The summed E-state index contributed by atoms with van der Waals surface area (Å²) in [6, 6.07) is 3.64. The lowest BCUT2D eigenvalue weighted by molar-refractivity contribution is 0.432. The highest BCUT2D eigenvalue weighted by Crippen LogP contribution is 2.22. The number of hydrogen-bond acceptors (Lipinski definition) is 7. The molecule has 1 N–H and O–H groups in total. The molecule has 92 valence electrons. The van der Waals surface area contributed by atoms with Crippen molar-refractivity contribution < 1.29 is 4.52 Å². The van der Waals surface area contributed by atoms with Crippen LogP contribution in [-0.2, 0) is 0 Å². The van der Waals surface area contributed by atoms with Crippen LogP contribution < -0.4 is 0 Å². The standard InChI is InChI=1S/C11H7N7O/c1-6-13-3-2-8(15-6)10-16-11(19-18-10)7-5-14-17-9(7)4-12/h2-3,5H,1H3,(H,14,17). The van der Waals surface area contributed by atoms with E-state index in [9.17, 15) is 0 Å². The molecule has 0 saturated heterocycles. The van der Waals surface area contributed by atoms with E-state index < -0.39 is 0 Å². The van der Waals surface area contributed by atoms with Gasteiger partial charge in [0.25, 0.3) is 5.89 Å². The minimum atomic E-state index is 0.219. The van der Waals surface area contributed by atoms with Crippen molar-refractivity contribution >= 4 is 0 Å². The number of nitrogens with zero attached hydrogens (tertiary/aromatic N) is 6. The number of H-pyrrole nitrogens is 1. The summed E-state index contributed by atoms with van der Waals surface area (Å²) in [6.45, 7) is 1.77. The van der Waals surface area contributed by atoms with Crippen LogP contribution in [0.1, 0.15) is 11.5 Å². The van der Waals surface area contributed by atoms with Crippen LogP contribution in [0.4, 0.5) is 0 Å². The van der Waals surface area contributed by atoms with E-state index >= 15 is 0 Å². The summed E-state index contributed by atoms with van der Waals surface area (Å²) in [5.41, 5.74) is 1.30. The van der Waals surface area contributed by atoms with Gasteiger partial charge in [-0.1, -0.05) is 5.16 Å². The van der Waals surface area contributed by atoms with E-state index in [1.54, 1.807) is 19.2 Å². The van der Waals surface area contributed by atoms with Crippen molar-refractivity contribution in [1.82, 2.24) is 30.3 Å². The molecule has 0 aliphatic rings. The Morgan fingerprint density at radius 1 is 1.37 bits per heavy atom. The van der Waals surface area contributed by atoms with Crippen LogP contribution in [0.15, 0.2) is 23.0 Å². The van der Waals surface area contributed by atoms with Crippen LogP contribution >= 0.6 is 0 Å². The number of aryl methyl sites for hydroxylation is 1. The van der Waals surface area contributed by atoms with Crippen molar-refractivity contribution in [2.24, 2.45) is 0 Å². The van der Waals surface area contributed by atoms with Gasteiger partial charge in [0.05, 0.1) is 11.8 Å². The van der Waals surface area contributed by atoms with Gasteiger partial charge in [-0.2, -0.15) is 15.3 Å². The van der Waals surface area contributed by atoms with E-state index in [1.807, 2.05) is 6.07 Å². The first-order chi connectivity index (χ1) is 9.28. The molecule has 0 atom stereocenters. The van der Waals surface area contributed by atoms with Gasteiger partial charge in [0.15, 0.2) is 0 Å². The van der Waals surface area contributed by atoms with Crippen LogP contribution in [0.25, 0.3) is 23.0 Å². The van der Waals surface area contributed by atoms with Gasteiger partial charge in [-0.25, -0.2) is 9.97 Å². The zero-order valence-electron chi connectivity index (χ0n) is 9.82. The summed E-state index contributed by atoms with van der Waals surface area (Å²) in [6.07, 6.45) is 3.08. The summed E-state index contributed by atoms with van der Waals surface area (Å²) in [4.78, 5) is 12.4. The zero-order chi connectivity index (χ0) is 13.2. The smallest absolute Gasteiger partial charge is 0.262 e. The Hall–Kier alpha value is -3.08. The molecule has 8 nitrogen and oxygen atoms in total. The third kappa shape index (κ3) is 1.93. The molecule has 0 spiro atoms. The fourth-order valence-electron chi connectivity index (χ4n) is 1.55. The Labute approximate surface area is 107 Å². The van der Waals surface area contributed by atoms with E-state index in [4.69, 9.17) is 9.78 Å². The van der Waals surface area contributed by atoms with Gasteiger partial charge in [0.1, 0.15) is 23.3 Å². The Morgan fingerprint density at radius 2 is 2.26 bits per heavy atom. The Kier molecular flexibility index (Phi) is 2.50. The third-order valence-electron chi connectivity index (χ3n) is 2.41. The first-order valence-corrected chi connectivity index (χ1v) is 5.35. The first-order valence-electron chi connectivity index (χ1n) is 5.35. The molecule has 0 fully saturated rings. The third-order valence-corrected chi connectivity index (χ3v) is 2.41. The first kappa shape index (κ1) is 11.0. The number of rotatable bonds is 2. The molecule has 0 aromatic carbocycles. The molecule has 0 bridgehead atoms. The maximum atomic E-state index is 8.90. The van der Waals surface area contributed by atoms with Crippen molar-refractivity contribution in [3.8, 4) is 29.0 Å². The van der Waals surface area contributed by atoms with Crippen molar-refractivity contribution in [3.63, 3.8) is 0 Å². The van der Waals surface area contributed by atoms with E-state index in [-0.39, 0.29) is 11.6 Å². The van der Waals surface area contributed by atoms with Crippen LogP contribution in [-0.4, -0.2) is 30.3 Å². The van der Waals surface area contributed by atoms with E-state index in [0.29, 0.717) is 22.9 Å². The van der Waals surface area contributed by atoms with Crippen molar-refractivity contribution in [1.29, 1.82) is 5.26 Å². The molecule has 19 heavy (non-hydrogen) atoms. The molecular weight excluding hydrogens is 246 g/mol. The van der Waals surface area contributed by atoms with Gasteiger partial charge in [0.2, 0.25) is 5.82 Å². The second-order valence-electron chi connectivity index (χ2n) is 3.68. The second-order valence-corrected chi connectivity index (χ2v) is 3.68. The molecular formula is C11H7N7O. The minimum absolute atomic E-state index is 0.219. The lowest BCUT2D eigenvalue weighted by Gasteiger charge is -1.93. The summed E-state index contributed by atoms with van der Waals surface area (Å²) in [5, 5.41) is 19.0. The SMILES string of the molecule is Cc1nccc(-c2noc(-c3cn[nH]c3C#N)n2)n1. The number of aromatic nitrogens is 6. The molecule has 3 aromatic heterocycles. The van der Waals surface area contributed by atoms with Crippen molar-refractivity contribution in [2.75, 3.05) is 0 Å². The zero-order valence-corrected chi connectivity index (χ0v) is 9.82. The lowest BCUT2D eigenvalue weighted by Crippen LogP contribution is -1.91. The Balaban J connectivity index is 2.03. The summed E-state index contributed by atoms with van der Waals surface area (Å²) < 4.78 is 5.11. The fourth-order valence-corrected chi connectivity index (χ4v) is 1.55. The maximum absolute atomic E-state index is 8.90. The van der Waals surface area contributed by atoms with Crippen LogP contribution in [0, 0.1) is 18.3 Å². The number of nitriles is 1. The Morgan fingerprint density at radius 3 is 3.05 bits per heavy atom. The molecule has 0 radical (unpaired) electrons. The normalized spacial score (nSPS) is 10.3. The Bertz CT molecular complexity index is 767. The number of nitrogens with one attached hydrogen (secondary N) is 1. The van der Waals surface area contributed by atoms with E-state index in [2.05, 4.69) is 30.3 Å².